The van der Waals surface area contributed by atoms with E-state index in [9.17, 15) is 9.59 Å². The summed E-state index contributed by atoms with van der Waals surface area (Å²) in [7, 11) is 1.61. The number of hydrogen-bond donors (Lipinski definition) is 0. The first kappa shape index (κ1) is 20.7. The molecule has 0 atom stereocenters. The fraction of sp³-hybridized carbons (Fsp3) is 0.231. The van der Waals surface area contributed by atoms with E-state index in [0.29, 0.717) is 24.3 Å². The molecule has 0 fully saturated rings. The third-order valence-corrected chi connectivity index (χ3v) is 5.34. The van der Waals surface area contributed by atoms with Gasteiger partial charge >= 0.3 is 5.97 Å². The molecule has 0 radical (unpaired) electrons. The largest absolute Gasteiger partial charge is 0.497 e. The van der Waals surface area contributed by atoms with Crippen LogP contribution in [0.4, 0.5) is 0 Å². The first-order valence-corrected chi connectivity index (χ1v) is 10.3. The van der Waals surface area contributed by atoms with E-state index in [4.69, 9.17) is 14.2 Å². The Morgan fingerprint density at radius 3 is 2.42 bits per heavy atom. The molecule has 5 nitrogen and oxygen atoms in total. The molecule has 158 valence electrons. The first-order chi connectivity index (χ1) is 15.1. The summed E-state index contributed by atoms with van der Waals surface area (Å²) in [4.78, 5) is 24.5. The van der Waals surface area contributed by atoms with Crippen molar-refractivity contribution in [1.82, 2.24) is 0 Å². The second-order valence-corrected chi connectivity index (χ2v) is 7.42. The molecule has 0 saturated carbocycles. The van der Waals surface area contributed by atoms with E-state index in [1.807, 2.05) is 54.6 Å². The predicted octanol–water partition coefficient (Wildman–Crippen LogP) is 4.85. The molecular formula is C26H24O5. The Morgan fingerprint density at radius 2 is 1.61 bits per heavy atom. The van der Waals surface area contributed by atoms with Crippen molar-refractivity contribution in [3.8, 4) is 22.6 Å². The molecule has 0 aliphatic heterocycles. The molecule has 3 aromatic carbocycles. The number of rotatable bonds is 9. The maximum Gasteiger partial charge on any atom is 0.306 e. The maximum absolute atomic E-state index is 12.5. The van der Waals surface area contributed by atoms with Crippen LogP contribution in [0.1, 0.15) is 34.3 Å². The van der Waals surface area contributed by atoms with E-state index < -0.39 is 5.97 Å². The Balaban J connectivity index is 1.22. The van der Waals surface area contributed by atoms with Crippen LogP contribution < -0.4 is 9.47 Å². The number of benzene rings is 3. The van der Waals surface area contributed by atoms with Gasteiger partial charge in [-0.25, -0.2) is 0 Å². The van der Waals surface area contributed by atoms with Gasteiger partial charge in [-0.3, -0.25) is 9.59 Å². The Morgan fingerprint density at radius 1 is 0.871 bits per heavy atom. The number of methoxy groups -OCH3 is 1. The Kier molecular flexibility index (Phi) is 6.32. The van der Waals surface area contributed by atoms with Crippen molar-refractivity contribution in [2.45, 2.75) is 19.3 Å². The SMILES string of the molecule is COc1ccc(OCCCC(=O)OCC(=O)c2ccc3c(c2)-c2ccccc2C3)cc1. The predicted molar refractivity (Wildman–Crippen MR) is 118 cm³/mol. The van der Waals surface area contributed by atoms with Crippen molar-refractivity contribution < 1.29 is 23.8 Å². The fourth-order valence-corrected chi connectivity index (χ4v) is 3.68. The lowest BCUT2D eigenvalue weighted by molar-refractivity contribution is -0.142. The van der Waals surface area contributed by atoms with Gasteiger partial charge in [-0.2, -0.15) is 0 Å². The Bertz CT molecular complexity index is 1090. The number of ketones is 1. The lowest BCUT2D eigenvalue weighted by atomic mass is 10.0. The monoisotopic (exact) mass is 416 g/mol. The van der Waals surface area contributed by atoms with Gasteiger partial charge in [-0.1, -0.05) is 36.4 Å². The average Bonchev–Trinajstić information content (AvgIpc) is 3.18. The molecule has 1 aliphatic carbocycles. The smallest absolute Gasteiger partial charge is 0.306 e. The number of esters is 1. The van der Waals surface area contributed by atoms with Gasteiger partial charge < -0.3 is 14.2 Å². The van der Waals surface area contributed by atoms with Crippen LogP contribution in [0.5, 0.6) is 11.5 Å². The van der Waals surface area contributed by atoms with E-state index in [-0.39, 0.29) is 18.8 Å². The second-order valence-electron chi connectivity index (χ2n) is 7.42. The molecule has 0 spiro atoms. The van der Waals surface area contributed by atoms with E-state index >= 15 is 0 Å². The van der Waals surface area contributed by atoms with Gasteiger partial charge in [-0.05, 0) is 65.4 Å². The molecule has 0 unspecified atom stereocenters. The molecule has 0 saturated heterocycles. The summed E-state index contributed by atoms with van der Waals surface area (Å²) >= 11 is 0. The summed E-state index contributed by atoms with van der Waals surface area (Å²) in [6.07, 6.45) is 1.59. The van der Waals surface area contributed by atoms with E-state index in [1.54, 1.807) is 7.11 Å². The minimum Gasteiger partial charge on any atom is -0.497 e. The number of fused-ring (bicyclic) bond motifs is 3. The minimum absolute atomic E-state index is 0.195. The van der Waals surface area contributed by atoms with Crippen LogP contribution in [0.15, 0.2) is 66.7 Å². The van der Waals surface area contributed by atoms with Crippen molar-refractivity contribution in [2.24, 2.45) is 0 Å². The highest BCUT2D eigenvalue weighted by molar-refractivity contribution is 5.99. The highest BCUT2D eigenvalue weighted by atomic mass is 16.5. The van der Waals surface area contributed by atoms with E-state index in [0.717, 1.165) is 17.7 Å². The molecule has 3 aromatic rings. The summed E-state index contributed by atoms with van der Waals surface area (Å²) < 4.78 is 15.9. The van der Waals surface area contributed by atoms with Gasteiger partial charge in [0.2, 0.25) is 0 Å². The minimum atomic E-state index is -0.404. The number of carbonyl (C=O) groups is 2. The average molecular weight is 416 g/mol. The lowest BCUT2D eigenvalue weighted by Gasteiger charge is -2.08. The van der Waals surface area contributed by atoms with Crippen LogP contribution >= 0.6 is 0 Å². The zero-order valence-corrected chi connectivity index (χ0v) is 17.4. The van der Waals surface area contributed by atoms with Gasteiger partial charge in [0.05, 0.1) is 13.7 Å². The van der Waals surface area contributed by atoms with Crippen molar-refractivity contribution in [3.63, 3.8) is 0 Å². The van der Waals surface area contributed by atoms with Crippen molar-refractivity contribution >= 4 is 11.8 Å². The third-order valence-electron chi connectivity index (χ3n) is 5.34. The zero-order valence-electron chi connectivity index (χ0n) is 17.4. The molecule has 1 aliphatic rings. The quantitative estimate of drug-likeness (QED) is 0.222. The van der Waals surface area contributed by atoms with Crippen LogP contribution in [0.2, 0.25) is 0 Å². The fourth-order valence-electron chi connectivity index (χ4n) is 3.68. The van der Waals surface area contributed by atoms with Crippen LogP contribution in [0.25, 0.3) is 11.1 Å². The van der Waals surface area contributed by atoms with E-state index in [2.05, 4.69) is 12.1 Å². The number of hydrogen-bond acceptors (Lipinski definition) is 5. The van der Waals surface area contributed by atoms with Crippen LogP contribution in [-0.4, -0.2) is 32.1 Å². The van der Waals surface area contributed by atoms with Crippen LogP contribution in [0.3, 0.4) is 0 Å². The van der Waals surface area contributed by atoms with E-state index in [1.165, 1.54) is 16.7 Å². The molecule has 31 heavy (non-hydrogen) atoms. The second kappa shape index (κ2) is 9.47. The first-order valence-electron chi connectivity index (χ1n) is 10.3. The highest BCUT2D eigenvalue weighted by Crippen LogP contribution is 2.36. The molecular weight excluding hydrogens is 392 g/mol. The molecule has 0 N–H and O–H groups in total. The summed E-state index contributed by atoms with van der Waals surface area (Å²) in [5, 5.41) is 0. The van der Waals surface area contributed by atoms with Crippen molar-refractivity contribution in [3.05, 3.63) is 83.4 Å². The van der Waals surface area contributed by atoms with Gasteiger partial charge in [-0.15, -0.1) is 0 Å². The molecule has 0 aromatic heterocycles. The lowest BCUT2D eigenvalue weighted by Crippen LogP contribution is -2.15. The van der Waals surface area contributed by atoms with Gasteiger partial charge in [0, 0.05) is 12.0 Å². The summed E-state index contributed by atoms with van der Waals surface area (Å²) in [6, 6.07) is 21.2. The van der Waals surface area contributed by atoms with Crippen LogP contribution in [-0.2, 0) is 16.0 Å². The zero-order chi connectivity index (χ0) is 21.6. The molecule has 5 heteroatoms. The number of ether oxygens (including phenoxy) is 3. The van der Waals surface area contributed by atoms with Gasteiger partial charge in [0.15, 0.2) is 12.4 Å². The Hall–Kier alpha value is -3.60. The standard InChI is InChI=1S/C26H24O5/c1-29-21-10-12-22(13-11-21)30-14-4-7-26(28)31-17-25(27)20-9-8-19-15-18-5-2-3-6-23(18)24(19)16-20/h2-3,5-6,8-13,16H,4,7,14-15,17H2,1H3. The molecule has 0 heterocycles. The summed E-state index contributed by atoms with van der Waals surface area (Å²) in [5.41, 5.74) is 5.30. The van der Waals surface area contributed by atoms with Crippen LogP contribution in [0, 0.1) is 0 Å². The summed E-state index contributed by atoms with van der Waals surface area (Å²) in [6.45, 7) is 0.137. The van der Waals surface area contributed by atoms with Crippen molar-refractivity contribution in [1.29, 1.82) is 0 Å². The summed E-state index contributed by atoms with van der Waals surface area (Å²) in [5.74, 6) is 0.865. The third kappa shape index (κ3) is 4.94. The molecule has 4 rings (SSSR count). The van der Waals surface area contributed by atoms with Gasteiger partial charge in [0.25, 0.3) is 0 Å². The number of Topliss-reactive ketones (excluding diaryl/α,β-unsaturated/α-hetero) is 1. The normalized spacial score (nSPS) is 11.4. The highest BCUT2D eigenvalue weighted by Gasteiger charge is 2.20. The topological polar surface area (TPSA) is 61.8 Å². The molecule has 0 amide bonds. The number of carbonyl (C=O) groups excluding carboxylic acids is 2. The molecule has 0 bridgehead atoms. The van der Waals surface area contributed by atoms with Gasteiger partial charge in [0.1, 0.15) is 11.5 Å². The Labute approximate surface area is 181 Å². The maximum atomic E-state index is 12.5. The van der Waals surface area contributed by atoms with Crippen molar-refractivity contribution in [2.75, 3.05) is 20.3 Å².